The van der Waals surface area contributed by atoms with Crippen molar-refractivity contribution in [3.8, 4) is 0 Å². The molecule has 0 spiro atoms. The Labute approximate surface area is 166 Å². The van der Waals surface area contributed by atoms with Crippen LogP contribution < -0.4 is 5.73 Å². The summed E-state index contributed by atoms with van der Waals surface area (Å²) < 4.78 is 20.6. The fourth-order valence-electron chi connectivity index (χ4n) is 2.86. The summed E-state index contributed by atoms with van der Waals surface area (Å²) in [4.78, 5) is 20.6. The molecule has 0 fully saturated rings. The van der Waals surface area contributed by atoms with Crippen LogP contribution in [0.4, 0.5) is 9.18 Å². The third kappa shape index (κ3) is 4.89. The van der Waals surface area contributed by atoms with Crippen LogP contribution in [0.15, 0.2) is 58.7 Å². The molecule has 2 aromatic heterocycles. The van der Waals surface area contributed by atoms with E-state index in [1.165, 1.54) is 23.9 Å². The SMILES string of the molecule is CC(C)c1c(Sc2cccc(F)c2)nc(COC(N)=O)n1Cc1ccncc1. The second-order valence-electron chi connectivity index (χ2n) is 6.48. The number of ether oxygens (including phenoxy) is 1. The lowest BCUT2D eigenvalue weighted by Gasteiger charge is -2.15. The number of hydrogen-bond donors (Lipinski definition) is 1. The van der Waals surface area contributed by atoms with Gasteiger partial charge >= 0.3 is 6.09 Å². The predicted molar refractivity (Wildman–Crippen MR) is 105 cm³/mol. The van der Waals surface area contributed by atoms with Crippen molar-refractivity contribution in [2.24, 2.45) is 5.73 Å². The van der Waals surface area contributed by atoms with Gasteiger partial charge in [0.2, 0.25) is 0 Å². The molecule has 28 heavy (non-hydrogen) atoms. The van der Waals surface area contributed by atoms with E-state index in [0.717, 1.165) is 21.2 Å². The van der Waals surface area contributed by atoms with Gasteiger partial charge in [0.1, 0.15) is 16.7 Å². The van der Waals surface area contributed by atoms with Gasteiger partial charge in [-0.1, -0.05) is 31.7 Å². The molecule has 3 rings (SSSR count). The summed E-state index contributed by atoms with van der Waals surface area (Å²) in [5, 5.41) is 0.748. The maximum atomic E-state index is 13.6. The van der Waals surface area contributed by atoms with Gasteiger partial charge in [-0.3, -0.25) is 4.98 Å². The summed E-state index contributed by atoms with van der Waals surface area (Å²) in [6.45, 7) is 4.64. The molecule has 0 atom stereocenters. The number of nitrogens with two attached hydrogens (primary N) is 1. The highest BCUT2D eigenvalue weighted by atomic mass is 32.2. The fraction of sp³-hybridized carbons (Fsp3) is 0.250. The molecule has 2 heterocycles. The fourth-order valence-corrected chi connectivity index (χ4v) is 4.00. The molecule has 146 valence electrons. The lowest BCUT2D eigenvalue weighted by atomic mass is 10.1. The number of rotatable bonds is 7. The lowest BCUT2D eigenvalue weighted by molar-refractivity contribution is 0.146. The van der Waals surface area contributed by atoms with Gasteiger partial charge in [-0.25, -0.2) is 14.2 Å². The van der Waals surface area contributed by atoms with Crippen LogP contribution in [-0.2, 0) is 17.9 Å². The summed E-state index contributed by atoms with van der Waals surface area (Å²) in [6, 6.07) is 10.2. The second kappa shape index (κ2) is 8.88. The van der Waals surface area contributed by atoms with Gasteiger partial charge in [-0.15, -0.1) is 0 Å². The number of aromatic nitrogens is 3. The van der Waals surface area contributed by atoms with Gasteiger partial charge in [0.05, 0.1) is 5.69 Å². The zero-order chi connectivity index (χ0) is 20.1. The first-order chi connectivity index (χ1) is 13.4. The van der Waals surface area contributed by atoms with Gasteiger partial charge in [0.15, 0.2) is 6.61 Å². The minimum Gasteiger partial charge on any atom is -0.442 e. The Kier molecular flexibility index (Phi) is 6.30. The van der Waals surface area contributed by atoms with Crippen molar-refractivity contribution < 1.29 is 13.9 Å². The summed E-state index contributed by atoms with van der Waals surface area (Å²) in [6.07, 6.45) is 2.59. The second-order valence-corrected chi connectivity index (χ2v) is 7.54. The molecule has 8 heteroatoms. The van der Waals surface area contributed by atoms with Crippen LogP contribution in [0.3, 0.4) is 0 Å². The molecule has 0 aliphatic rings. The normalized spacial score (nSPS) is 11.0. The monoisotopic (exact) mass is 400 g/mol. The average Bonchev–Trinajstić information content (AvgIpc) is 2.98. The van der Waals surface area contributed by atoms with Crippen molar-refractivity contribution in [2.75, 3.05) is 0 Å². The van der Waals surface area contributed by atoms with Crippen LogP contribution in [0.25, 0.3) is 0 Å². The number of halogens is 1. The third-order valence-corrected chi connectivity index (χ3v) is 5.03. The number of nitrogens with zero attached hydrogens (tertiary/aromatic N) is 3. The minimum absolute atomic E-state index is 0.0378. The lowest BCUT2D eigenvalue weighted by Crippen LogP contribution is -2.16. The van der Waals surface area contributed by atoms with E-state index in [9.17, 15) is 9.18 Å². The van der Waals surface area contributed by atoms with E-state index in [4.69, 9.17) is 10.5 Å². The molecule has 1 aromatic carbocycles. The third-order valence-electron chi connectivity index (χ3n) is 4.04. The van der Waals surface area contributed by atoms with Crippen molar-refractivity contribution >= 4 is 17.9 Å². The summed E-state index contributed by atoms with van der Waals surface area (Å²) in [7, 11) is 0. The van der Waals surface area contributed by atoms with E-state index in [2.05, 4.69) is 23.8 Å². The molecule has 0 saturated heterocycles. The van der Waals surface area contributed by atoms with Gasteiger partial charge in [-0.2, -0.15) is 0 Å². The summed E-state index contributed by atoms with van der Waals surface area (Å²) in [5.74, 6) is 0.426. The van der Waals surface area contributed by atoms with Crippen molar-refractivity contribution in [2.45, 2.75) is 42.8 Å². The highest BCUT2D eigenvalue weighted by molar-refractivity contribution is 7.99. The number of benzene rings is 1. The van der Waals surface area contributed by atoms with Gasteiger partial charge in [0.25, 0.3) is 0 Å². The molecule has 0 aliphatic heterocycles. The Morgan fingerprint density at radius 3 is 2.68 bits per heavy atom. The number of hydrogen-bond acceptors (Lipinski definition) is 5. The van der Waals surface area contributed by atoms with Crippen LogP contribution in [0.1, 0.15) is 36.8 Å². The van der Waals surface area contributed by atoms with Gasteiger partial charge in [0, 0.05) is 23.8 Å². The van der Waals surface area contributed by atoms with E-state index in [1.54, 1.807) is 18.5 Å². The smallest absolute Gasteiger partial charge is 0.404 e. The molecule has 2 N–H and O–H groups in total. The molecule has 3 aromatic rings. The number of imidazole rings is 1. The maximum absolute atomic E-state index is 13.6. The van der Waals surface area contributed by atoms with Crippen LogP contribution in [0, 0.1) is 5.82 Å². The number of carbonyl (C=O) groups is 1. The minimum atomic E-state index is -0.858. The highest BCUT2D eigenvalue weighted by Gasteiger charge is 2.21. The van der Waals surface area contributed by atoms with Gasteiger partial charge < -0.3 is 15.0 Å². The Balaban J connectivity index is 2.02. The molecular weight excluding hydrogens is 379 g/mol. The molecular formula is C20H21FN4O2S. The Bertz CT molecular complexity index is 960. The van der Waals surface area contributed by atoms with Crippen LogP contribution in [-0.4, -0.2) is 20.6 Å². The van der Waals surface area contributed by atoms with Crippen LogP contribution in [0.2, 0.25) is 0 Å². The Morgan fingerprint density at radius 1 is 1.29 bits per heavy atom. The molecule has 6 nitrogen and oxygen atoms in total. The first-order valence-electron chi connectivity index (χ1n) is 8.78. The maximum Gasteiger partial charge on any atom is 0.404 e. The van der Waals surface area contributed by atoms with E-state index >= 15 is 0 Å². The molecule has 0 unspecified atom stereocenters. The van der Waals surface area contributed by atoms with Crippen molar-refractivity contribution in [1.82, 2.24) is 14.5 Å². The number of pyridine rings is 1. The standard InChI is InChI=1S/C20H21FN4O2S/c1-13(2)18-19(28-16-5-3-4-15(21)10-16)24-17(12-27-20(22)26)25(18)11-14-6-8-23-9-7-14/h3-10,13H,11-12H2,1-2H3,(H2,22,26). The van der Waals surface area contributed by atoms with E-state index in [-0.39, 0.29) is 18.3 Å². The zero-order valence-electron chi connectivity index (χ0n) is 15.6. The topological polar surface area (TPSA) is 83.0 Å². The Morgan fingerprint density at radius 2 is 2.04 bits per heavy atom. The van der Waals surface area contributed by atoms with Crippen molar-refractivity contribution in [3.63, 3.8) is 0 Å². The summed E-state index contributed by atoms with van der Waals surface area (Å²) in [5.41, 5.74) is 7.15. The summed E-state index contributed by atoms with van der Waals surface area (Å²) >= 11 is 1.38. The quantitative estimate of drug-likeness (QED) is 0.638. The van der Waals surface area contributed by atoms with E-state index in [0.29, 0.717) is 12.4 Å². The van der Waals surface area contributed by atoms with Crippen molar-refractivity contribution in [3.05, 3.63) is 71.7 Å². The van der Waals surface area contributed by atoms with Crippen molar-refractivity contribution in [1.29, 1.82) is 0 Å². The molecule has 0 radical (unpaired) electrons. The predicted octanol–water partition coefficient (Wildman–Crippen LogP) is 4.34. The molecule has 0 saturated carbocycles. The molecule has 0 aliphatic carbocycles. The number of primary amides is 1. The molecule has 1 amide bonds. The Hall–Kier alpha value is -2.87. The number of carbonyl (C=O) groups excluding carboxylic acids is 1. The molecule has 0 bridgehead atoms. The average molecular weight is 400 g/mol. The van der Waals surface area contributed by atoms with Crippen LogP contribution >= 0.6 is 11.8 Å². The first-order valence-corrected chi connectivity index (χ1v) is 9.59. The highest BCUT2D eigenvalue weighted by Crippen LogP contribution is 2.35. The number of amides is 1. The largest absolute Gasteiger partial charge is 0.442 e. The van der Waals surface area contributed by atoms with E-state index < -0.39 is 6.09 Å². The van der Waals surface area contributed by atoms with E-state index in [1.807, 2.05) is 22.8 Å². The van der Waals surface area contributed by atoms with Crippen LogP contribution in [0.5, 0.6) is 0 Å². The zero-order valence-corrected chi connectivity index (χ0v) is 16.4. The first kappa shape index (κ1) is 19.9. The van der Waals surface area contributed by atoms with Gasteiger partial charge in [-0.05, 0) is 41.8 Å².